The first-order valence-corrected chi connectivity index (χ1v) is 7.24. The van der Waals surface area contributed by atoms with Crippen LogP contribution in [0.2, 0.25) is 0 Å². The zero-order valence-electron chi connectivity index (χ0n) is 12.0. The lowest BCUT2D eigenvalue weighted by Gasteiger charge is -2.20. The van der Waals surface area contributed by atoms with Gasteiger partial charge in [0.1, 0.15) is 5.82 Å². The number of nitrogens with one attached hydrogen (secondary N) is 1. The summed E-state index contributed by atoms with van der Waals surface area (Å²) >= 11 is 0. The van der Waals surface area contributed by atoms with E-state index in [0.29, 0.717) is 0 Å². The third kappa shape index (κ3) is 2.36. The summed E-state index contributed by atoms with van der Waals surface area (Å²) in [6.07, 6.45) is 3.65. The van der Waals surface area contributed by atoms with Crippen LogP contribution >= 0.6 is 0 Å². The van der Waals surface area contributed by atoms with Gasteiger partial charge in [0.25, 0.3) is 0 Å². The van der Waals surface area contributed by atoms with Crippen molar-refractivity contribution in [2.75, 3.05) is 7.05 Å². The van der Waals surface area contributed by atoms with Crippen molar-refractivity contribution < 1.29 is 4.39 Å². The molecular formula is C18H20FN. The first-order chi connectivity index (χ1) is 9.69. The second-order valence-electron chi connectivity index (χ2n) is 5.60. The molecule has 3 rings (SSSR count). The van der Waals surface area contributed by atoms with Crippen LogP contribution in [-0.2, 0) is 12.8 Å². The molecule has 0 fully saturated rings. The fraction of sp³-hybridized carbons (Fsp3) is 0.333. The van der Waals surface area contributed by atoms with Crippen molar-refractivity contribution in [1.82, 2.24) is 5.32 Å². The molecule has 2 heteroatoms. The van der Waals surface area contributed by atoms with Crippen LogP contribution in [0, 0.1) is 12.7 Å². The van der Waals surface area contributed by atoms with Gasteiger partial charge in [0.15, 0.2) is 0 Å². The summed E-state index contributed by atoms with van der Waals surface area (Å²) < 4.78 is 13.3. The van der Waals surface area contributed by atoms with Gasteiger partial charge in [0.05, 0.1) is 6.04 Å². The van der Waals surface area contributed by atoms with Gasteiger partial charge in [-0.2, -0.15) is 0 Å². The summed E-state index contributed by atoms with van der Waals surface area (Å²) in [5.41, 5.74) is 6.36. The SMILES string of the molecule is CNC(c1ccc2c(c1)CCC2)c1ccc(F)cc1C. The molecule has 0 spiro atoms. The predicted octanol–water partition coefficient (Wildman–Crippen LogP) is 3.93. The van der Waals surface area contributed by atoms with E-state index in [-0.39, 0.29) is 11.9 Å². The first-order valence-electron chi connectivity index (χ1n) is 7.24. The third-order valence-electron chi connectivity index (χ3n) is 4.29. The van der Waals surface area contributed by atoms with E-state index in [0.717, 1.165) is 11.1 Å². The van der Waals surface area contributed by atoms with Crippen molar-refractivity contribution in [2.24, 2.45) is 0 Å². The Bertz CT molecular complexity index is 633. The van der Waals surface area contributed by atoms with Crippen LogP contribution in [0.25, 0.3) is 0 Å². The van der Waals surface area contributed by atoms with Crippen LogP contribution in [-0.4, -0.2) is 7.05 Å². The van der Waals surface area contributed by atoms with Gasteiger partial charge in [-0.05, 0) is 73.2 Å². The van der Waals surface area contributed by atoms with Crippen molar-refractivity contribution in [1.29, 1.82) is 0 Å². The molecule has 0 amide bonds. The number of fused-ring (bicyclic) bond motifs is 1. The second kappa shape index (κ2) is 5.37. The zero-order valence-corrected chi connectivity index (χ0v) is 12.0. The normalized spacial score (nSPS) is 15.2. The van der Waals surface area contributed by atoms with Crippen LogP contribution in [0.1, 0.15) is 40.3 Å². The Morgan fingerprint density at radius 2 is 1.85 bits per heavy atom. The summed E-state index contributed by atoms with van der Waals surface area (Å²) in [4.78, 5) is 0. The Hall–Kier alpha value is -1.67. The lowest BCUT2D eigenvalue weighted by molar-refractivity contribution is 0.621. The number of hydrogen-bond donors (Lipinski definition) is 1. The maximum atomic E-state index is 13.3. The average molecular weight is 269 g/mol. The van der Waals surface area contributed by atoms with Gasteiger partial charge in [-0.1, -0.05) is 24.3 Å². The van der Waals surface area contributed by atoms with Gasteiger partial charge in [-0.3, -0.25) is 0 Å². The molecule has 0 saturated carbocycles. The standard InChI is InChI=1S/C18H20FN/c1-12-10-16(19)8-9-17(12)18(20-2)15-7-6-13-4-3-5-14(13)11-15/h6-11,18,20H,3-5H2,1-2H3. The number of halogens is 1. The Kier molecular flexibility index (Phi) is 3.58. The first kappa shape index (κ1) is 13.3. The largest absolute Gasteiger partial charge is 0.309 e. The number of benzene rings is 2. The fourth-order valence-electron chi connectivity index (χ4n) is 3.24. The molecule has 0 saturated heterocycles. The van der Waals surface area contributed by atoms with Gasteiger partial charge in [-0.25, -0.2) is 4.39 Å². The lowest BCUT2D eigenvalue weighted by Crippen LogP contribution is -2.19. The Balaban J connectivity index is 2.01. The molecule has 0 bridgehead atoms. The predicted molar refractivity (Wildman–Crippen MR) is 80.5 cm³/mol. The summed E-state index contributed by atoms with van der Waals surface area (Å²) in [6, 6.07) is 11.9. The van der Waals surface area contributed by atoms with E-state index in [9.17, 15) is 4.39 Å². The molecule has 1 aliphatic rings. The molecule has 0 aliphatic heterocycles. The van der Waals surface area contributed by atoms with Gasteiger partial charge < -0.3 is 5.32 Å². The van der Waals surface area contributed by atoms with Crippen LogP contribution in [0.5, 0.6) is 0 Å². The highest BCUT2D eigenvalue weighted by atomic mass is 19.1. The van der Waals surface area contributed by atoms with Crippen molar-refractivity contribution in [3.05, 3.63) is 70.0 Å². The molecule has 1 aliphatic carbocycles. The highest BCUT2D eigenvalue weighted by molar-refractivity contribution is 5.42. The molecule has 20 heavy (non-hydrogen) atoms. The number of aryl methyl sites for hydroxylation is 3. The van der Waals surface area contributed by atoms with E-state index in [1.807, 2.05) is 20.0 Å². The molecule has 104 valence electrons. The molecule has 0 heterocycles. The Morgan fingerprint density at radius 3 is 2.60 bits per heavy atom. The van der Waals surface area contributed by atoms with Crippen LogP contribution < -0.4 is 5.32 Å². The quantitative estimate of drug-likeness (QED) is 0.890. The highest BCUT2D eigenvalue weighted by Gasteiger charge is 2.18. The molecule has 0 aromatic heterocycles. The van der Waals surface area contributed by atoms with Gasteiger partial charge in [0.2, 0.25) is 0 Å². The maximum absolute atomic E-state index is 13.3. The molecular weight excluding hydrogens is 249 g/mol. The fourth-order valence-corrected chi connectivity index (χ4v) is 3.24. The van der Waals surface area contributed by atoms with Gasteiger partial charge in [0, 0.05) is 0 Å². The highest BCUT2D eigenvalue weighted by Crippen LogP contribution is 2.29. The number of rotatable bonds is 3. The minimum absolute atomic E-state index is 0.126. The number of hydrogen-bond acceptors (Lipinski definition) is 1. The summed E-state index contributed by atoms with van der Waals surface area (Å²) in [7, 11) is 1.96. The van der Waals surface area contributed by atoms with E-state index >= 15 is 0 Å². The van der Waals surface area contributed by atoms with E-state index < -0.39 is 0 Å². The molecule has 2 aromatic carbocycles. The third-order valence-corrected chi connectivity index (χ3v) is 4.29. The van der Waals surface area contributed by atoms with Crippen molar-refractivity contribution in [3.8, 4) is 0 Å². The second-order valence-corrected chi connectivity index (χ2v) is 5.60. The van der Waals surface area contributed by atoms with Crippen LogP contribution in [0.15, 0.2) is 36.4 Å². The van der Waals surface area contributed by atoms with Crippen LogP contribution in [0.3, 0.4) is 0 Å². The maximum Gasteiger partial charge on any atom is 0.123 e. The lowest BCUT2D eigenvalue weighted by atomic mass is 9.93. The summed E-state index contributed by atoms with van der Waals surface area (Å²) in [6.45, 7) is 1.97. The van der Waals surface area contributed by atoms with E-state index in [1.54, 1.807) is 12.1 Å². The van der Waals surface area contributed by atoms with E-state index in [4.69, 9.17) is 0 Å². The summed E-state index contributed by atoms with van der Waals surface area (Å²) in [5.74, 6) is -0.171. The van der Waals surface area contributed by atoms with Gasteiger partial charge in [-0.15, -0.1) is 0 Å². The Labute approximate surface area is 119 Å². The van der Waals surface area contributed by atoms with E-state index in [1.165, 1.54) is 36.0 Å². The topological polar surface area (TPSA) is 12.0 Å². The zero-order chi connectivity index (χ0) is 14.1. The molecule has 0 radical (unpaired) electrons. The van der Waals surface area contributed by atoms with E-state index in [2.05, 4.69) is 23.5 Å². The molecule has 1 atom stereocenters. The summed E-state index contributed by atoms with van der Waals surface area (Å²) in [5, 5.41) is 3.36. The molecule has 1 N–H and O–H groups in total. The smallest absolute Gasteiger partial charge is 0.123 e. The Morgan fingerprint density at radius 1 is 1.05 bits per heavy atom. The average Bonchev–Trinajstić information content (AvgIpc) is 2.89. The van der Waals surface area contributed by atoms with Crippen molar-refractivity contribution >= 4 is 0 Å². The molecule has 2 aromatic rings. The molecule has 1 unspecified atom stereocenters. The monoisotopic (exact) mass is 269 g/mol. The van der Waals surface area contributed by atoms with Gasteiger partial charge >= 0.3 is 0 Å². The minimum atomic E-state index is -0.171. The van der Waals surface area contributed by atoms with Crippen molar-refractivity contribution in [2.45, 2.75) is 32.2 Å². The van der Waals surface area contributed by atoms with Crippen LogP contribution in [0.4, 0.5) is 4.39 Å². The van der Waals surface area contributed by atoms with Crippen molar-refractivity contribution in [3.63, 3.8) is 0 Å². The minimum Gasteiger partial charge on any atom is -0.309 e. The molecule has 1 nitrogen and oxygen atoms in total.